The van der Waals surface area contributed by atoms with Crippen LogP contribution in [0.2, 0.25) is 0 Å². The molecule has 1 amide bonds. The third-order valence-electron chi connectivity index (χ3n) is 4.23. The highest BCUT2D eigenvalue weighted by Gasteiger charge is 2.38. The van der Waals surface area contributed by atoms with Gasteiger partial charge in [0.05, 0.1) is 19.3 Å². The number of hydrogen-bond donors (Lipinski definition) is 1. The predicted octanol–water partition coefficient (Wildman–Crippen LogP) is 2.74. The van der Waals surface area contributed by atoms with E-state index in [4.69, 9.17) is 14.6 Å². The Morgan fingerprint density at radius 2 is 2.15 bits per heavy atom. The minimum absolute atomic E-state index is 0.105. The van der Waals surface area contributed by atoms with Crippen molar-refractivity contribution >= 4 is 35.4 Å². The lowest BCUT2D eigenvalue weighted by molar-refractivity contribution is -0.413. The van der Waals surface area contributed by atoms with Gasteiger partial charge in [-0.3, -0.25) is 0 Å². The zero-order valence-electron chi connectivity index (χ0n) is 15.3. The Hall–Kier alpha value is -2.80. The molecule has 1 unspecified atom stereocenters. The van der Waals surface area contributed by atoms with Crippen LogP contribution >= 0.6 is 11.8 Å². The van der Waals surface area contributed by atoms with Gasteiger partial charge in [-0.05, 0) is 36.8 Å². The van der Waals surface area contributed by atoms with Crippen LogP contribution in [-0.4, -0.2) is 53.3 Å². The maximum atomic E-state index is 12.7. The Labute approximate surface area is 161 Å². The van der Waals surface area contributed by atoms with Crippen LogP contribution in [0.15, 0.2) is 46.9 Å². The van der Waals surface area contributed by atoms with Crippen molar-refractivity contribution in [3.63, 3.8) is 0 Å². The summed E-state index contributed by atoms with van der Waals surface area (Å²) in [6.45, 7) is 2.44. The monoisotopic (exact) mass is 386 g/mol. The number of rotatable bonds is 5. The molecule has 3 rings (SSSR count). The smallest absolute Gasteiger partial charge is 0.425 e. The molecular formula is C20H20NO5S+. The van der Waals surface area contributed by atoms with Crippen LogP contribution in [-0.2, 0) is 9.59 Å². The quantitative estimate of drug-likeness (QED) is 0.620. The van der Waals surface area contributed by atoms with Gasteiger partial charge in [0, 0.05) is 6.08 Å². The highest BCUT2D eigenvalue weighted by Crippen LogP contribution is 2.35. The first kappa shape index (κ1) is 19.0. The molecule has 0 spiro atoms. The number of allylic oxidation sites excluding steroid dienone is 1. The number of carboxylic acids is 1. The molecule has 1 heterocycles. The maximum Gasteiger partial charge on any atom is 0.425 e. The van der Waals surface area contributed by atoms with Gasteiger partial charge in [-0.1, -0.05) is 23.9 Å². The number of methoxy groups -OCH3 is 1. The van der Waals surface area contributed by atoms with E-state index in [1.807, 2.05) is 31.2 Å². The number of ether oxygens (including phenoxy) is 2. The summed E-state index contributed by atoms with van der Waals surface area (Å²) in [7, 11) is 3.23. The number of fused-ring (bicyclic) bond motifs is 1. The van der Waals surface area contributed by atoms with Crippen LogP contribution in [0, 0.1) is 0 Å². The fraction of sp³-hybridized carbons (Fsp3) is 0.250. The molecule has 6 nitrogen and oxygen atoms in total. The normalized spacial score (nSPS) is 20.4. The van der Waals surface area contributed by atoms with Crippen molar-refractivity contribution in [2.75, 3.05) is 20.8 Å². The van der Waals surface area contributed by atoms with Gasteiger partial charge in [-0.15, -0.1) is 0 Å². The summed E-state index contributed by atoms with van der Waals surface area (Å²) in [5, 5.41) is 9.06. The van der Waals surface area contributed by atoms with Gasteiger partial charge >= 0.3 is 11.9 Å². The Morgan fingerprint density at radius 1 is 1.37 bits per heavy atom. The largest absolute Gasteiger partial charge is 0.493 e. The molecule has 1 aliphatic carbocycles. The second kappa shape index (κ2) is 7.84. The highest BCUT2D eigenvalue weighted by atomic mass is 32.2. The van der Waals surface area contributed by atoms with Crippen LogP contribution in [0.1, 0.15) is 12.5 Å². The fourth-order valence-corrected chi connectivity index (χ4v) is 4.08. The maximum absolute atomic E-state index is 12.7. The van der Waals surface area contributed by atoms with Gasteiger partial charge in [-0.2, -0.15) is 4.58 Å². The molecule has 0 fully saturated rings. The summed E-state index contributed by atoms with van der Waals surface area (Å²) in [6, 6.07) is 5.51. The van der Waals surface area contributed by atoms with E-state index < -0.39 is 5.97 Å². The Morgan fingerprint density at radius 3 is 2.81 bits per heavy atom. The van der Waals surface area contributed by atoms with E-state index in [0.717, 1.165) is 5.56 Å². The number of amides is 1. The van der Waals surface area contributed by atoms with E-state index in [2.05, 4.69) is 0 Å². The molecule has 27 heavy (non-hydrogen) atoms. The van der Waals surface area contributed by atoms with Crippen LogP contribution in [0.4, 0.5) is 0 Å². The number of benzene rings is 1. The molecule has 7 heteroatoms. The molecule has 0 aromatic heterocycles. The van der Waals surface area contributed by atoms with Crippen molar-refractivity contribution < 1.29 is 28.7 Å². The lowest BCUT2D eigenvalue weighted by Gasteiger charge is -2.20. The van der Waals surface area contributed by atoms with E-state index in [-0.39, 0.29) is 16.7 Å². The zero-order valence-corrected chi connectivity index (χ0v) is 16.1. The summed E-state index contributed by atoms with van der Waals surface area (Å²) in [6.07, 6.45) is 6.74. The van der Waals surface area contributed by atoms with E-state index >= 15 is 0 Å². The summed E-state index contributed by atoms with van der Waals surface area (Å²) in [4.78, 5) is 24.5. The first-order chi connectivity index (χ1) is 12.9. The standard InChI is InChI=1S/C20H19NO5S/c1-4-26-15-7-5-12(9-16(15)25-3)10-18-19(22)21(2)14-11-13(20(23)24)6-8-17(14)27-18/h5-11,17H,4H2,1-3H3/p+1/b18-10+. The third kappa shape index (κ3) is 3.83. The molecule has 1 atom stereocenters. The average molecular weight is 386 g/mol. The van der Waals surface area contributed by atoms with Gasteiger partial charge in [0.25, 0.3) is 0 Å². The first-order valence-electron chi connectivity index (χ1n) is 8.42. The van der Waals surface area contributed by atoms with E-state index in [1.54, 1.807) is 32.4 Å². The first-order valence-corrected chi connectivity index (χ1v) is 9.29. The molecule has 0 saturated heterocycles. The van der Waals surface area contributed by atoms with Crippen molar-refractivity contribution in [3.8, 4) is 11.5 Å². The average Bonchev–Trinajstić information content (AvgIpc) is 2.66. The summed E-state index contributed by atoms with van der Waals surface area (Å²) in [5.74, 6) is 0.0759. The number of carboxylic acid groups (broad SMARTS) is 1. The summed E-state index contributed by atoms with van der Waals surface area (Å²) in [5.41, 5.74) is 1.67. The fourth-order valence-electron chi connectivity index (χ4n) is 2.87. The van der Waals surface area contributed by atoms with Crippen molar-refractivity contribution in [1.82, 2.24) is 0 Å². The van der Waals surface area contributed by atoms with Crippen LogP contribution in [0.3, 0.4) is 0 Å². The number of carbonyl (C=O) groups excluding carboxylic acids is 1. The topological polar surface area (TPSA) is 75.8 Å². The molecule has 0 bridgehead atoms. The lowest BCUT2D eigenvalue weighted by Crippen LogP contribution is -2.36. The minimum atomic E-state index is -1.01. The highest BCUT2D eigenvalue weighted by molar-refractivity contribution is 8.05. The van der Waals surface area contributed by atoms with Gasteiger partial charge in [-0.25, -0.2) is 9.59 Å². The number of thioether (sulfide) groups is 1. The molecule has 0 radical (unpaired) electrons. The molecule has 140 valence electrons. The summed E-state index contributed by atoms with van der Waals surface area (Å²) >= 11 is 1.40. The molecule has 1 aromatic rings. The van der Waals surface area contributed by atoms with Crippen LogP contribution in [0.25, 0.3) is 6.08 Å². The lowest BCUT2D eigenvalue weighted by atomic mass is 10.0. The van der Waals surface area contributed by atoms with Crippen LogP contribution in [0.5, 0.6) is 11.5 Å². The molecule has 1 aliphatic heterocycles. The molecule has 1 N–H and O–H groups in total. The van der Waals surface area contributed by atoms with E-state index in [0.29, 0.717) is 28.7 Å². The van der Waals surface area contributed by atoms with Crippen molar-refractivity contribution in [3.05, 3.63) is 52.5 Å². The minimum Gasteiger partial charge on any atom is -0.493 e. The van der Waals surface area contributed by atoms with Crippen molar-refractivity contribution in [1.29, 1.82) is 0 Å². The Bertz CT molecular complexity index is 926. The number of carbonyl (C=O) groups is 2. The van der Waals surface area contributed by atoms with Crippen molar-refractivity contribution in [2.45, 2.75) is 12.2 Å². The number of aliphatic carboxylic acids is 1. The SMILES string of the molecule is CCOc1ccc(/C=C2/SC3C=CC(C(=O)O)=CC3=[N+](C)C2=O)cc1OC. The van der Waals surface area contributed by atoms with E-state index in [9.17, 15) is 9.59 Å². The van der Waals surface area contributed by atoms with Crippen LogP contribution < -0.4 is 9.47 Å². The Kier molecular flexibility index (Phi) is 5.51. The third-order valence-corrected chi connectivity index (χ3v) is 5.43. The second-order valence-electron chi connectivity index (χ2n) is 5.94. The van der Waals surface area contributed by atoms with Gasteiger partial charge < -0.3 is 14.6 Å². The molecule has 1 aromatic carbocycles. The van der Waals surface area contributed by atoms with Crippen molar-refractivity contribution in [2.24, 2.45) is 0 Å². The molecule has 0 saturated carbocycles. The number of likely N-dealkylation sites (N-methyl/N-ethyl adjacent to an activating group) is 1. The predicted molar refractivity (Wildman–Crippen MR) is 105 cm³/mol. The van der Waals surface area contributed by atoms with E-state index in [1.165, 1.54) is 16.3 Å². The van der Waals surface area contributed by atoms with Gasteiger partial charge in [0.15, 0.2) is 11.5 Å². The zero-order chi connectivity index (χ0) is 19.6. The number of nitrogens with zero attached hydrogens (tertiary/aromatic N) is 1. The van der Waals surface area contributed by atoms with Gasteiger partial charge in [0.1, 0.15) is 17.2 Å². The molecule has 2 aliphatic rings. The number of hydrogen-bond acceptors (Lipinski definition) is 5. The summed E-state index contributed by atoms with van der Waals surface area (Å²) < 4.78 is 12.4. The second-order valence-corrected chi connectivity index (χ2v) is 7.13. The Balaban J connectivity index is 1.95. The molecular weight excluding hydrogens is 366 g/mol. The van der Waals surface area contributed by atoms with Gasteiger partial charge in [0.2, 0.25) is 5.71 Å².